The normalized spacial score (nSPS) is 12.2. The zero-order valence-electron chi connectivity index (χ0n) is 11.4. The number of hydrogen-bond acceptors (Lipinski definition) is 3. The lowest BCUT2D eigenvalue weighted by Crippen LogP contribution is -2.36. The van der Waals surface area contributed by atoms with Gasteiger partial charge < -0.3 is 10.4 Å². The lowest BCUT2D eigenvalue weighted by Gasteiger charge is -2.15. The predicted octanol–water partition coefficient (Wildman–Crippen LogP) is 3.39. The highest BCUT2D eigenvalue weighted by Crippen LogP contribution is 2.22. The van der Waals surface area contributed by atoms with Crippen molar-refractivity contribution in [1.29, 1.82) is 0 Å². The number of carboxylic acid groups (broad SMARTS) is 1. The van der Waals surface area contributed by atoms with Crippen molar-refractivity contribution in [1.82, 2.24) is 5.32 Å². The number of carbonyl (C=O) groups is 2. The summed E-state index contributed by atoms with van der Waals surface area (Å²) in [5, 5.41) is 16.3. The summed E-state index contributed by atoms with van der Waals surface area (Å²) in [4.78, 5) is 22.6. The first-order valence-electron chi connectivity index (χ1n) is 6.28. The van der Waals surface area contributed by atoms with Crippen LogP contribution in [0.3, 0.4) is 0 Å². The standard InChI is InChI=1S/C13H20N2O3S/c1-8(2)4-5-9(3)14-13(18)15-11-10(12(16)17)6-7-19-11/h6-9H,4-5H2,1-3H3,(H,16,17)(H2,14,15,18). The minimum atomic E-state index is -1.04. The van der Waals surface area contributed by atoms with E-state index in [1.807, 2.05) is 6.92 Å². The lowest BCUT2D eigenvalue weighted by molar-refractivity contribution is 0.0698. The van der Waals surface area contributed by atoms with E-state index in [9.17, 15) is 9.59 Å². The van der Waals surface area contributed by atoms with Gasteiger partial charge in [0, 0.05) is 6.04 Å². The van der Waals surface area contributed by atoms with E-state index < -0.39 is 5.97 Å². The second-order valence-corrected chi connectivity index (χ2v) is 5.86. The zero-order valence-corrected chi connectivity index (χ0v) is 12.2. The molecule has 1 unspecified atom stereocenters. The average Bonchev–Trinajstić information content (AvgIpc) is 2.74. The Kier molecular flexibility index (Phi) is 5.82. The number of amides is 2. The van der Waals surface area contributed by atoms with Gasteiger partial charge in [0.25, 0.3) is 0 Å². The fourth-order valence-electron chi connectivity index (χ4n) is 1.59. The maximum absolute atomic E-state index is 11.7. The van der Waals surface area contributed by atoms with E-state index in [4.69, 9.17) is 5.11 Å². The summed E-state index contributed by atoms with van der Waals surface area (Å²) in [5.74, 6) is -0.437. The van der Waals surface area contributed by atoms with Gasteiger partial charge in [0.05, 0.1) is 5.56 Å². The molecule has 6 heteroatoms. The van der Waals surface area contributed by atoms with Gasteiger partial charge in [0.15, 0.2) is 0 Å². The van der Waals surface area contributed by atoms with Gasteiger partial charge in [-0.25, -0.2) is 9.59 Å². The highest BCUT2D eigenvalue weighted by atomic mass is 32.1. The van der Waals surface area contributed by atoms with Crippen molar-refractivity contribution in [3.63, 3.8) is 0 Å². The van der Waals surface area contributed by atoms with Crippen LogP contribution < -0.4 is 10.6 Å². The number of nitrogens with one attached hydrogen (secondary N) is 2. The molecule has 0 aliphatic heterocycles. The molecule has 0 aliphatic carbocycles. The van der Waals surface area contributed by atoms with Gasteiger partial charge in [-0.05, 0) is 37.1 Å². The molecule has 0 aromatic carbocycles. The highest BCUT2D eigenvalue weighted by molar-refractivity contribution is 7.14. The van der Waals surface area contributed by atoms with Crippen LogP contribution in [0.1, 0.15) is 44.0 Å². The molecule has 3 N–H and O–H groups in total. The molecule has 2 amide bonds. The molecule has 5 nitrogen and oxygen atoms in total. The maximum atomic E-state index is 11.7. The van der Waals surface area contributed by atoms with E-state index in [1.54, 1.807) is 5.38 Å². The van der Waals surface area contributed by atoms with E-state index in [0.29, 0.717) is 10.9 Å². The Bertz CT molecular complexity index is 443. The van der Waals surface area contributed by atoms with Crippen LogP contribution in [0.4, 0.5) is 9.80 Å². The number of aromatic carboxylic acids is 1. The van der Waals surface area contributed by atoms with Crippen molar-refractivity contribution in [3.05, 3.63) is 17.0 Å². The van der Waals surface area contributed by atoms with E-state index >= 15 is 0 Å². The highest BCUT2D eigenvalue weighted by Gasteiger charge is 2.14. The molecule has 0 radical (unpaired) electrons. The average molecular weight is 284 g/mol. The SMILES string of the molecule is CC(C)CCC(C)NC(=O)Nc1sccc1C(=O)O. The van der Waals surface area contributed by atoms with Gasteiger partial charge >= 0.3 is 12.0 Å². The van der Waals surface area contributed by atoms with E-state index in [2.05, 4.69) is 24.5 Å². The number of urea groups is 1. The Morgan fingerprint density at radius 2 is 2.00 bits per heavy atom. The molecule has 1 aromatic heterocycles. The van der Waals surface area contributed by atoms with Crippen LogP contribution >= 0.6 is 11.3 Å². The molecule has 0 bridgehead atoms. The van der Waals surface area contributed by atoms with Crippen LogP contribution in [0, 0.1) is 5.92 Å². The van der Waals surface area contributed by atoms with Gasteiger partial charge in [0.2, 0.25) is 0 Å². The minimum Gasteiger partial charge on any atom is -0.478 e. The van der Waals surface area contributed by atoms with E-state index in [-0.39, 0.29) is 17.6 Å². The number of thiophene rings is 1. The van der Waals surface area contributed by atoms with Gasteiger partial charge in [-0.3, -0.25) is 5.32 Å². The van der Waals surface area contributed by atoms with Crippen molar-refractivity contribution in [2.75, 3.05) is 5.32 Å². The zero-order chi connectivity index (χ0) is 14.4. The number of carboxylic acids is 1. The Morgan fingerprint density at radius 3 is 2.58 bits per heavy atom. The third-order valence-electron chi connectivity index (χ3n) is 2.68. The molecule has 1 atom stereocenters. The third-order valence-corrected chi connectivity index (χ3v) is 3.51. The van der Waals surface area contributed by atoms with Crippen LogP contribution in [-0.2, 0) is 0 Å². The first-order valence-corrected chi connectivity index (χ1v) is 7.16. The van der Waals surface area contributed by atoms with E-state index in [0.717, 1.165) is 12.8 Å². The smallest absolute Gasteiger partial charge is 0.338 e. The molecule has 0 spiro atoms. The molecule has 1 heterocycles. The fourth-order valence-corrected chi connectivity index (χ4v) is 2.37. The Hall–Kier alpha value is -1.56. The second-order valence-electron chi connectivity index (χ2n) is 4.94. The molecule has 1 aromatic rings. The van der Waals surface area contributed by atoms with Crippen LogP contribution in [0.5, 0.6) is 0 Å². The van der Waals surface area contributed by atoms with Gasteiger partial charge in [0.1, 0.15) is 5.00 Å². The summed E-state index contributed by atoms with van der Waals surface area (Å²) in [7, 11) is 0. The van der Waals surface area contributed by atoms with Gasteiger partial charge in [-0.2, -0.15) is 0 Å². The summed E-state index contributed by atoms with van der Waals surface area (Å²) in [5.41, 5.74) is 0.120. The van der Waals surface area contributed by atoms with Crippen LogP contribution in [0.15, 0.2) is 11.4 Å². The summed E-state index contributed by atoms with van der Waals surface area (Å²) in [6.45, 7) is 6.21. The van der Waals surface area contributed by atoms with E-state index in [1.165, 1.54) is 17.4 Å². The topological polar surface area (TPSA) is 78.4 Å². The third kappa shape index (κ3) is 5.30. The fraction of sp³-hybridized carbons (Fsp3) is 0.538. The lowest BCUT2D eigenvalue weighted by atomic mass is 10.0. The number of rotatable bonds is 6. The summed E-state index contributed by atoms with van der Waals surface area (Å²) >= 11 is 1.20. The van der Waals surface area contributed by atoms with Gasteiger partial charge in [-0.15, -0.1) is 11.3 Å². The maximum Gasteiger partial charge on any atom is 0.338 e. The Morgan fingerprint density at radius 1 is 1.32 bits per heavy atom. The first-order chi connectivity index (χ1) is 8.90. The van der Waals surface area contributed by atoms with Crippen molar-refractivity contribution in [3.8, 4) is 0 Å². The second kappa shape index (κ2) is 7.13. The summed E-state index contributed by atoms with van der Waals surface area (Å²) < 4.78 is 0. The molecule has 0 saturated carbocycles. The number of anilines is 1. The largest absolute Gasteiger partial charge is 0.478 e. The first kappa shape index (κ1) is 15.5. The van der Waals surface area contributed by atoms with Crippen molar-refractivity contribution >= 4 is 28.3 Å². The molecule has 0 saturated heterocycles. The molecule has 106 valence electrons. The van der Waals surface area contributed by atoms with Crippen LogP contribution in [0.2, 0.25) is 0 Å². The van der Waals surface area contributed by atoms with Crippen molar-refractivity contribution in [2.24, 2.45) is 5.92 Å². The molecule has 0 fully saturated rings. The molecule has 1 rings (SSSR count). The van der Waals surface area contributed by atoms with Crippen LogP contribution in [-0.4, -0.2) is 23.1 Å². The summed E-state index contributed by atoms with van der Waals surface area (Å²) in [6.07, 6.45) is 1.95. The molecule has 19 heavy (non-hydrogen) atoms. The molecular weight excluding hydrogens is 264 g/mol. The minimum absolute atomic E-state index is 0.0654. The predicted molar refractivity (Wildman–Crippen MR) is 77.0 cm³/mol. The molecule has 0 aliphatic rings. The Balaban J connectivity index is 2.46. The monoisotopic (exact) mass is 284 g/mol. The molecular formula is C13H20N2O3S. The van der Waals surface area contributed by atoms with Crippen LogP contribution in [0.25, 0.3) is 0 Å². The number of carbonyl (C=O) groups excluding carboxylic acids is 1. The van der Waals surface area contributed by atoms with Gasteiger partial charge in [-0.1, -0.05) is 13.8 Å². The quantitative estimate of drug-likeness (QED) is 0.749. The summed E-state index contributed by atoms with van der Waals surface area (Å²) in [6, 6.07) is 1.18. The Labute approximate surface area is 117 Å². The number of hydrogen-bond donors (Lipinski definition) is 3. The van der Waals surface area contributed by atoms with Crippen molar-refractivity contribution < 1.29 is 14.7 Å². The van der Waals surface area contributed by atoms with Crippen molar-refractivity contribution in [2.45, 2.75) is 39.7 Å².